The van der Waals surface area contributed by atoms with Crippen LogP contribution in [0.3, 0.4) is 0 Å². The van der Waals surface area contributed by atoms with Crippen molar-refractivity contribution in [3.8, 4) is 5.75 Å². The largest absolute Gasteiger partial charge is 0.508 e. The molecule has 3 rings (SSSR count). The molecule has 2 aromatic rings. The van der Waals surface area contributed by atoms with Gasteiger partial charge in [0.05, 0.1) is 0 Å². The quantitative estimate of drug-likeness (QED) is 0.273. The van der Waals surface area contributed by atoms with Gasteiger partial charge in [-0.15, -0.1) is 0 Å². The van der Waals surface area contributed by atoms with E-state index in [-0.39, 0.29) is 30.0 Å². The molecular weight excluding hydrogens is 586 g/mol. The first kappa shape index (κ1) is 36.4. The Balaban J connectivity index is 2.08. The molecule has 46 heavy (non-hydrogen) atoms. The van der Waals surface area contributed by atoms with Crippen molar-refractivity contribution in [3.63, 3.8) is 0 Å². The molecule has 0 aliphatic heterocycles. The van der Waals surface area contributed by atoms with Gasteiger partial charge >= 0.3 is 12.1 Å². The lowest BCUT2D eigenvalue weighted by Crippen LogP contribution is -2.57. The number of aryl methyl sites for hydroxylation is 1. The molecular formula is C36H51N3O7. The van der Waals surface area contributed by atoms with Crippen LogP contribution in [0.4, 0.5) is 4.79 Å². The highest BCUT2D eigenvalue weighted by molar-refractivity contribution is 5.94. The monoisotopic (exact) mass is 637 g/mol. The van der Waals surface area contributed by atoms with Gasteiger partial charge in [-0.2, -0.15) is 0 Å². The van der Waals surface area contributed by atoms with E-state index in [1.165, 1.54) is 11.0 Å². The van der Waals surface area contributed by atoms with Crippen LogP contribution in [0.1, 0.15) is 91.5 Å². The number of esters is 1. The second-order valence-corrected chi connectivity index (χ2v) is 14.6. The number of rotatable bonds is 11. The van der Waals surface area contributed by atoms with E-state index < -0.39 is 53.2 Å². The van der Waals surface area contributed by atoms with Gasteiger partial charge in [-0.1, -0.05) is 57.2 Å². The van der Waals surface area contributed by atoms with E-state index in [1.54, 1.807) is 60.6 Å². The molecule has 252 valence electrons. The number of nitrogens with one attached hydrogen (secondary N) is 2. The summed E-state index contributed by atoms with van der Waals surface area (Å²) in [6, 6.07) is 10.5. The van der Waals surface area contributed by atoms with Gasteiger partial charge in [0.15, 0.2) is 0 Å². The van der Waals surface area contributed by atoms with E-state index >= 15 is 0 Å². The maximum absolute atomic E-state index is 14.5. The van der Waals surface area contributed by atoms with Crippen LogP contribution in [-0.2, 0) is 30.3 Å². The van der Waals surface area contributed by atoms with Gasteiger partial charge < -0.3 is 30.1 Å². The van der Waals surface area contributed by atoms with Gasteiger partial charge in [-0.25, -0.2) is 9.59 Å². The second-order valence-electron chi connectivity index (χ2n) is 14.6. The van der Waals surface area contributed by atoms with Crippen molar-refractivity contribution in [1.82, 2.24) is 15.5 Å². The summed E-state index contributed by atoms with van der Waals surface area (Å²) in [4.78, 5) is 56.9. The molecule has 5 unspecified atom stereocenters. The minimum atomic E-state index is -1.18. The van der Waals surface area contributed by atoms with Gasteiger partial charge in [-0.05, 0) is 95.5 Å². The molecule has 0 spiro atoms. The maximum Gasteiger partial charge on any atom is 0.408 e. The van der Waals surface area contributed by atoms with Crippen LogP contribution in [-0.4, -0.2) is 63.2 Å². The number of carbonyl (C=O) groups excluding carboxylic acids is 4. The Morgan fingerprint density at radius 3 is 2.02 bits per heavy atom. The molecule has 0 bridgehead atoms. The highest BCUT2D eigenvalue weighted by atomic mass is 16.6. The highest BCUT2D eigenvalue weighted by Crippen LogP contribution is 2.41. The summed E-state index contributed by atoms with van der Waals surface area (Å²) in [5.74, 6) is -1.83. The summed E-state index contributed by atoms with van der Waals surface area (Å²) < 4.78 is 11.2. The SMILES string of the molecule is Cc1cc(C(C(=O)NC(Cc2ccccc2)C(=O)OC(C)(C)C)N(C(=O)C(NC(=O)OC(C)(C)C)C(C)C)C2CC2C)ccc1O. The summed E-state index contributed by atoms with van der Waals surface area (Å²) in [5, 5.41) is 16.0. The lowest BCUT2D eigenvalue weighted by atomic mass is 9.96. The zero-order valence-electron chi connectivity index (χ0n) is 28.8. The Morgan fingerprint density at radius 2 is 1.52 bits per heavy atom. The molecule has 1 aliphatic carbocycles. The highest BCUT2D eigenvalue weighted by Gasteiger charge is 2.49. The third-order valence-corrected chi connectivity index (χ3v) is 7.64. The number of nitrogens with zero attached hydrogens (tertiary/aromatic N) is 1. The molecule has 10 nitrogen and oxygen atoms in total. The van der Waals surface area contributed by atoms with Crippen molar-refractivity contribution >= 4 is 23.9 Å². The Kier molecular flexibility index (Phi) is 11.5. The summed E-state index contributed by atoms with van der Waals surface area (Å²) >= 11 is 0. The van der Waals surface area contributed by atoms with Crippen LogP contribution < -0.4 is 10.6 Å². The minimum Gasteiger partial charge on any atom is -0.508 e. The van der Waals surface area contributed by atoms with Crippen molar-refractivity contribution in [2.75, 3.05) is 0 Å². The molecule has 1 fully saturated rings. The van der Waals surface area contributed by atoms with E-state index in [2.05, 4.69) is 10.6 Å². The smallest absolute Gasteiger partial charge is 0.408 e. The van der Waals surface area contributed by atoms with Gasteiger partial charge in [0.1, 0.15) is 35.1 Å². The number of hydrogen-bond acceptors (Lipinski definition) is 7. The molecule has 0 heterocycles. The standard InChI is InChI=1S/C36H51N3O7/c1-21(2)29(38-34(44)46-36(8,9)10)32(42)39(27-19-22(27)3)30(25-16-17-28(40)23(4)18-25)31(41)37-26(33(43)45-35(5,6)7)20-24-14-12-11-13-15-24/h11-18,21-22,26-27,29-30,40H,19-20H2,1-10H3,(H,37,41)(H,38,44). The molecule has 5 atom stereocenters. The number of aromatic hydroxyl groups is 1. The molecule has 3 amide bonds. The molecule has 3 N–H and O–H groups in total. The fourth-order valence-corrected chi connectivity index (χ4v) is 5.23. The predicted octanol–water partition coefficient (Wildman–Crippen LogP) is 5.60. The first-order chi connectivity index (χ1) is 21.3. The molecule has 0 aromatic heterocycles. The van der Waals surface area contributed by atoms with E-state index in [1.807, 2.05) is 51.1 Å². The summed E-state index contributed by atoms with van der Waals surface area (Å²) in [6.45, 7) is 17.8. The first-order valence-electron chi connectivity index (χ1n) is 16.0. The summed E-state index contributed by atoms with van der Waals surface area (Å²) in [5.41, 5.74) is 0.226. The van der Waals surface area contributed by atoms with Crippen molar-refractivity contribution in [3.05, 3.63) is 65.2 Å². The minimum absolute atomic E-state index is 0.0444. The average molecular weight is 638 g/mol. The molecule has 0 saturated heterocycles. The second kappa shape index (κ2) is 14.6. The first-order valence-corrected chi connectivity index (χ1v) is 16.0. The van der Waals surface area contributed by atoms with Gasteiger partial charge in [0.2, 0.25) is 11.8 Å². The number of phenols is 1. The lowest BCUT2D eigenvalue weighted by molar-refractivity contribution is -0.159. The summed E-state index contributed by atoms with van der Waals surface area (Å²) in [6.07, 6.45) is 0.0899. The van der Waals surface area contributed by atoms with Crippen molar-refractivity contribution in [1.29, 1.82) is 0 Å². The van der Waals surface area contributed by atoms with E-state index in [0.717, 1.165) is 5.56 Å². The molecule has 10 heteroatoms. The fraction of sp³-hybridized carbons (Fsp3) is 0.556. The number of alkyl carbamates (subject to hydrolysis) is 1. The van der Waals surface area contributed by atoms with Crippen LogP contribution in [0, 0.1) is 18.8 Å². The third-order valence-electron chi connectivity index (χ3n) is 7.64. The maximum atomic E-state index is 14.5. The zero-order chi connectivity index (χ0) is 34.6. The lowest BCUT2D eigenvalue weighted by Gasteiger charge is -2.37. The molecule has 1 aliphatic rings. The van der Waals surface area contributed by atoms with Crippen LogP contribution in [0.15, 0.2) is 48.5 Å². The predicted molar refractivity (Wildman–Crippen MR) is 176 cm³/mol. The molecule has 1 saturated carbocycles. The normalized spacial score (nSPS) is 18.2. The number of amides is 3. The van der Waals surface area contributed by atoms with Crippen molar-refractivity contribution in [2.24, 2.45) is 11.8 Å². The number of hydrogen-bond donors (Lipinski definition) is 3. The number of phenolic OH excluding ortho intramolecular Hbond substituents is 1. The topological polar surface area (TPSA) is 134 Å². The van der Waals surface area contributed by atoms with Gasteiger partial charge in [0.25, 0.3) is 0 Å². The Bertz CT molecular complexity index is 1390. The Hall–Kier alpha value is -4.08. The van der Waals surface area contributed by atoms with Crippen LogP contribution >= 0.6 is 0 Å². The van der Waals surface area contributed by atoms with Crippen LogP contribution in [0.25, 0.3) is 0 Å². The molecule has 2 aromatic carbocycles. The number of carbonyl (C=O) groups is 4. The third kappa shape index (κ3) is 10.2. The van der Waals surface area contributed by atoms with Crippen molar-refractivity contribution in [2.45, 2.75) is 117 Å². The van der Waals surface area contributed by atoms with Gasteiger partial charge in [-0.3, -0.25) is 9.59 Å². The van der Waals surface area contributed by atoms with Crippen LogP contribution in [0.2, 0.25) is 0 Å². The summed E-state index contributed by atoms with van der Waals surface area (Å²) in [7, 11) is 0. The molecule has 0 radical (unpaired) electrons. The fourth-order valence-electron chi connectivity index (χ4n) is 5.23. The average Bonchev–Trinajstić information content (AvgIpc) is 3.65. The van der Waals surface area contributed by atoms with E-state index in [9.17, 15) is 24.3 Å². The number of benzene rings is 2. The number of ether oxygens (including phenoxy) is 2. The zero-order valence-corrected chi connectivity index (χ0v) is 28.8. The van der Waals surface area contributed by atoms with Crippen LogP contribution in [0.5, 0.6) is 5.75 Å². The van der Waals surface area contributed by atoms with Gasteiger partial charge in [0, 0.05) is 12.5 Å². The van der Waals surface area contributed by atoms with E-state index in [4.69, 9.17) is 9.47 Å². The Labute approximate surface area is 273 Å². The van der Waals surface area contributed by atoms with Crippen molar-refractivity contribution < 1.29 is 33.8 Å². The Morgan fingerprint density at radius 1 is 0.935 bits per heavy atom. The van der Waals surface area contributed by atoms with E-state index in [0.29, 0.717) is 17.5 Å².